The predicted molar refractivity (Wildman–Crippen MR) is 78.6 cm³/mol. The first-order valence-electron chi connectivity index (χ1n) is 6.67. The molecule has 0 aliphatic heterocycles. The summed E-state index contributed by atoms with van der Waals surface area (Å²) in [7, 11) is 0. The molecule has 1 heteroatoms. The van der Waals surface area contributed by atoms with Gasteiger partial charge in [0.15, 0.2) is 0 Å². The lowest BCUT2D eigenvalue weighted by molar-refractivity contribution is 0.675. The Bertz CT molecular complexity index is 488. The molecule has 0 aromatic heterocycles. The Kier molecular flexibility index (Phi) is 4.54. The van der Waals surface area contributed by atoms with Crippen molar-refractivity contribution in [3.63, 3.8) is 0 Å². The van der Waals surface area contributed by atoms with E-state index in [9.17, 15) is 0 Å². The maximum atomic E-state index is 3.45. The normalized spacial score (nSPS) is 10.6. The first-order valence-corrected chi connectivity index (χ1v) is 6.67. The quantitative estimate of drug-likeness (QED) is 0.772. The van der Waals surface area contributed by atoms with Crippen molar-refractivity contribution >= 4 is 0 Å². The Morgan fingerprint density at radius 2 is 1.78 bits per heavy atom. The molecule has 0 unspecified atom stereocenters. The van der Waals surface area contributed by atoms with Crippen LogP contribution in [0.5, 0.6) is 0 Å². The summed E-state index contributed by atoms with van der Waals surface area (Å²) in [5.74, 6) is 0. The second kappa shape index (κ2) is 6.36. The molecule has 0 bridgehead atoms. The number of nitrogens with one attached hydrogen (secondary N) is 1. The summed E-state index contributed by atoms with van der Waals surface area (Å²) in [5.41, 5.74) is 5.33. The van der Waals surface area contributed by atoms with Gasteiger partial charge in [-0.05, 0) is 48.2 Å². The maximum Gasteiger partial charge on any atom is 0.0205 e. The van der Waals surface area contributed by atoms with Crippen LogP contribution >= 0.6 is 0 Å². The first kappa shape index (κ1) is 12.8. The molecule has 0 radical (unpaired) electrons. The van der Waals surface area contributed by atoms with Crippen molar-refractivity contribution in [2.45, 2.75) is 26.8 Å². The highest BCUT2D eigenvalue weighted by Crippen LogP contribution is 2.24. The number of hydrogen-bond donors (Lipinski definition) is 1. The van der Waals surface area contributed by atoms with Gasteiger partial charge >= 0.3 is 0 Å². The van der Waals surface area contributed by atoms with E-state index in [2.05, 4.69) is 67.7 Å². The number of hydrogen-bond acceptors (Lipinski definition) is 1. The lowest BCUT2D eigenvalue weighted by Crippen LogP contribution is -2.13. The van der Waals surface area contributed by atoms with Crippen molar-refractivity contribution in [1.29, 1.82) is 0 Å². The van der Waals surface area contributed by atoms with E-state index < -0.39 is 0 Å². The van der Waals surface area contributed by atoms with E-state index in [-0.39, 0.29) is 0 Å². The van der Waals surface area contributed by atoms with Gasteiger partial charge in [0, 0.05) is 6.54 Å². The Morgan fingerprint density at radius 1 is 1.00 bits per heavy atom. The molecule has 1 nitrogen and oxygen atoms in total. The molecule has 94 valence electrons. The highest BCUT2D eigenvalue weighted by Gasteiger charge is 2.02. The number of aryl methyl sites for hydroxylation is 1. The molecule has 0 amide bonds. The van der Waals surface area contributed by atoms with Crippen LogP contribution in [-0.2, 0) is 6.54 Å². The van der Waals surface area contributed by atoms with E-state index in [0.29, 0.717) is 0 Å². The predicted octanol–water partition coefficient (Wildman–Crippen LogP) is 4.16. The van der Waals surface area contributed by atoms with Crippen LogP contribution < -0.4 is 5.32 Å². The Labute approximate surface area is 110 Å². The van der Waals surface area contributed by atoms with E-state index in [1.54, 1.807) is 0 Å². The Balaban J connectivity index is 2.22. The van der Waals surface area contributed by atoms with Crippen molar-refractivity contribution in [3.05, 3.63) is 59.7 Å². The van der Waals surface area contributed by atoms with Crippen molar-refractivity contribution in [3.8, 4) is 11.1 Å². The van der Waals surface area contributed by atoms with Crippen LogP contribution in [0.2, 0.25) is 0 Å². The van der Waals surface area contributed by atoms with E-state index in [0.717, 1.165) is 13.1 Å². The molecule has 0 saturated heterocycles. The van der Waals surface area contributed by atoms with Gasteiger partial charge in [-0.1, -0.05) is 49.4 Å². The van der Waals surface area contributed by atoms with Crippen LogP contribution in [0.4, 0.5) is 0 Å². The van der Waals surface area contributed by atoms with Crippen molar-refractivity contribution in [2.24, 2.45) is 0 Å². The lowest BCUT2D eigenvalue weighted by atomic mass is 9.98. The first-order chi connectivity index (χ1) is 8.81. The smallest absolute Gasteiger partial charge is 0.0205 e. The van der Waals surface area contributed by atoms with Crippen LogP contribution in [0, 0.1) is 6.92 Å². The van der Waals surface area contributed by atoms with E-state index in [1.165, 1.54) is 28.7 Å². The van der Waals surface area contributed by atoms with Gasteiger partial charge in [-0.3, -0.25) is 0 Å². The van der Waals surface area contributed by atoms with E-state index >= 15 is 0 Å². The average Bonchev–Trinajstić information content (AvgIpc) is 2.42. The number of rotatable bonds is 5. The van der Waals surface area contributed by atoms with Gasteiger partial charge in [-0.25, -0.2) is 0 Å². The number of benzene rings is 2. The summed E-state index contributed by atoms with van der Waals surface area (Å²) in [5, 5.41) is 3.45. The molecule has 0 spiro atoms. The topological polar surface area (TPSA) is 12.0 Å². The van der Waals surface area contributed by atoms with E-state index in [1.807, 2.05) is 0 Å². The van der Waals surface area contributed by atoms with Gasteiger partial charge in [-0.2, -0.15) is 0 Å². The molecule has 18 heavy (non-hydrogen) atoms. The zero-order valence-electron chi connectivity index (χ0n) is 11.2. The van der Waals surface area contributed by atoms with Crippen LogP contribution in [-0.4, -0.2) is 6.54 Å². The zero-order chi connectivity index (χ0) is 12.8. The zero-order valence-corrected chi connectivity index (χ0v) is 11.2. The third-order valence-corrected chi connectivity index (χ3v) is 3.14. The lowest BCUT2D eigenvalue weighted by Gasteiger charge is -2.10. The summed E-state index contributed by atoms with van der Waals surface area (Å²) >= 11 is 0. The Hall–Kier alpha value is -1.60. The van der Waals surface area contributed by atoms with Crippen LogP contribution in [0.15, 0.2) is 48.5 Å². The van der Waals surface area contributed by atoms with Crippen molar-refractivity contribution in [1.82, 2.24) is 5.32 Å². The van der Waals surface area contributed by atoms with Gasteiger partial charge in [0.2, 0.25) is 0 Å². The summed E-state index contributed by atoms with van der Waals surface area (Å²) < 4.78 is 0. The molecule has 2 aromatic carbocycles. The molecule has 0 aliphatic carbocycles. The van der Waals surface area contributed by atoms with Crippen molar-refractivity contribution < 1.29 is 0 Å². The van der Waals surface area contributed by atoms with Gasteiger partial charge in [0.05, 0.1) is 0 Å². The summed E-state index contributed by atoms with van der Waals surface area (Å²) in [4.78, 5) is 0. The second-order valence-corrected chi connectivity index (χ2v) is 4.69. The fourth-order valence-electron chi connectivity index (χ4n) is 2.12. The SMILES string of the molecule is CCCNCc1ccc(C)c(-c2ccccc2)c1. The molecule has 2 rings (SSSR count). The van der Waals surface area contributed by atoms with Crippen LogP contribution in [0.1, 0.15) is 24.5 Å². The molecule has 0 aliphatic rings. The Morgan fingerprint density at radius 3 is 2.50 bits per heavy atom. The highest BCUT2D eigenvalue weighted by molar-refractivity contribution is 5.67. The summed E-state index contributed by atoms with van der Waals surface area (Å²) in [6.07, 6.45) is 1.18. The standard InChI is InChI=1S/C17H21N/c1-3-11-18-13-15-10-9-14(2)17(12-15)16-7-5-4-6-8-16/h4-10,12,18H,3,11,13H2,1-2H3. The van der Waals surface area contributed by atoms with Gasteiger partial charge in [-0.15, -0.1) is 0 Å². The van der Waals surface area contributed by atoms with Crippen molar-refractivity contribution in [2.75, 3.05) is 6.54 Å². The summed E-state index contributed by atoms with van der Waals surface area (Å²) in [6, 6.07) is 17.3. The fraction of sp³-hybridized carbons (Fsp3) is 0.294. The van der Waals surface area contributed by atoms with Crippen LogP contribution in [0.25, 0.3) is 11.1 Å². The van der Waals surface area contributed by atoms with Crippen LogP contribution in [0.3, 0.4) is 0 Å². The molecule has 0 atom stereocenters. The van der Waals surface area contributed by atoms with Gasteiger partial charge in [0.1, 0.15) is 0 Å². The minimum Gasteiger partial charge on any atom is -0.313 e. The fourth-order valence-corrected chi connectivity index (χ4v) is 2.12. The maximum absolute atomic E-state index is 3.45. The monoisotopic (exact) mass is 239 g/mol. The highest BCUT2D eigenvalue weighted by atomic mass is 14.8. The van der Waals surface area contributed by atoms with Gasteiger partial charge in [0.25, 0.3) is 0 Å². The minimum atomic E-state index is 0.952. The largest absolute Gasteiger partial charge is 0.313 e. The molecule has 2 aromatic rings. The summed E-state index contributed by atoms with van der Waals surface area (Å²) in [6.45, 7) is 6.39. The average molecular weight is 239 g/mol. The molecule has 1 N–H and O–H groups in total. The molecular formula is C17H21N. The third kappa shape index (κ3) is 3.21. The second-order valence-electron chi connectivity index (χ2n) is 4.69. The molecule has 0 heterocycles. The molecule has 0 saturated carbocycles. The third-order valence-electron chi connectivity index (χ3n) is 3.14. The molecular weight excluding hydrogens is 218 g/mol. The minimum absolute atomic E-state index is 0.952. The molecule has 0 fully saturated rings. The van der Waals surface area contributed by atoms with Gasteiger partial charge < -0.3 is 5.32 Å². The van der Waals surface area contributed by atoms with E-state index in [4.69, 9.17) is 0 Å².